The number of rotatable bonds is 5. The van der Waals surface area contributed by atoms with Crippen molar-refractivity contribution in [3.8, 4) is 0 Å². The Bertz CT molecular complexity index is 455. The lowest BCUT2D eigenvalue weighted by atomic mass is 10.1. The van der Waals surface area contributed by atoms with Crippen molar-refractivity contribution < 1.29 is 0 Å². The molecular formula is C14H19ClN2S. The van der Waals surface area contributed by atoms with Crippen LogP contribution >= 0.6 is 23.8 Å². The molecule has 0 amide bonds. The summed E-state index contributed by atoms with van der Waals surface area (Å²) in [4.78, 5) is 2.79. The van der Waals surface area contributed by atoms with Gasteiger partial charge in [-0.1, -0.05) is 23.8 Å². The molecule has 2 N–H and O–H groups in total. The molecule has 1 saturated carbocycles. The van der Waals surface area contributed by atoms with Gasteiger partial charge in [-0.3, -0.25) is 0 Å². The molecule has 2 rings (SSSR count). The zero-order valence-corrected chi connectivity index (χ0v) is 12.4. The zero-order chi connectivity index (χ0) is 13.3. The van der Waals surface area contributed by atoms with Crippen LogP contribution < -0.4 is 10.6 Å². The minimum Gasteiger partial charge on any atom is -0.389 e. The maximum Gasteiger partial charge on any atom is 0.106 e. The van der Waals surface area contributed by atoms with Gasteiger partial charge in [0.25, 0.3) is 0 Å². The molecule has 98 valence electrons. The molecule has 1 aliphatic carbocycles. The molecule has 0 unspecified atom stereocenters. The fourth-order valence-electron chi connectivity index (χ4n) is 2.12. The molecule has 4 heteroatoms. The van der Waals surface area contributed by atoms with Crippen LogP contribution in [0.3, 0.4) is 0 Å². The van der Waals surface area contributed by atoms with Crippen LogP contribution in [0.4, 0.5) is 5.69 Å². The average Bonchev–Trinajstić information content (AvgIpc) is 3.09. The average molecular weight is 283 g/mol. The largest absolute Gasteiger partial charge is 0.389 e. The predicted octanol–water partition coefficient (Wildman–Crippen LogP) is 3.60. The minimum atomic E-state index is 0.411. The van der Waals surface area contributed by atoms with Crippen molar-refractivity contribution in [1.82, 2.24) is 0 Å². The molecule has 0 aromatic heterocycles. The first kappa shape index (κ1) is 13.6. The van der Waals surface area contributed by atoms with Crippen molar-refractivity contribution in [1.29, 1.82) is 0 Å². The Morgan fingerprint density at radius 2 is 2.17 bits per heavy atom. The Kier molecular flexibility index (Phi) is 4.13. The van der Waals surface area contributed by atoms with E-state index in [1.807, 2.05) is 18.2 Å². The van der Waals surface area contributed by atoms with Crippen LogP contribution in [0, 0.1) is 5.92 Å². The first-order valence-electron chi connectivity index (χ1n) is 6.35. The van der Waals surface area contributed by atoms with Gasteiger partial charge in [0.05, 0.1) is 0 Å². The van der Waals surface area contributed by atoms with Crippen molar-refractivity contribution in [3.63, 3.8) is 0 Å². The van der Waals surface area contributed by atoms with Crippen molar-refractivity contribution in [3.05, 3.63) is 28.8 Å². The number of hydrogen-bond acceptors (Lipinski definition) is 2. The van der Waals surface area contributed by atoms with Gasteiger partial charge >= 0.3 is 0 Å². The van der Waals surface area contributed by atoms with E-state index in [0.29, 0.717) is 16.1 Å². The number of nitrogens with zero attached hydrogens (tertiary/aromatic N) is 1. The van der Waals surface area contributed by atoms with Crippen molar-refractivity contribution in [2.24, 2.45) is 11.7 Å². The molecule has 2 nitrogen and oxygen atoms in total. The highest BCUT2D eigenvalue weighted by Crippen LogP contribution is 2.34. The van der Waals surface area contributed by atoms with Gasteiger partial charge in [0, 0.05) is 28.9 Å². The molecule has 1 fully saturated rings. The summed E-state index contributed by atoms with van der Waals surface area (Å²) >= 11 is 11.2. The third kappa shape index (κ3) is 3.15. The maximum absolute atomic E-state index is 6.03. The summed E-state index contributed by atoms with van der Waals surface area (Å²) in [6, 6.07) is 6.22. The predicted molar refractivity (Wildman–Crippen MR) is 82.5 cm³/mol. The van der Waals surface area contributed by atoms with E-state index < -0.39 is 0 Å². The molecule has 0 spiro atoms. The number of halogens is 1. The van der Waals surface area contributed by atoms with E-state index in [9.17, 15) is 0 Å². The van der Waals surface area contributed by atoms with Crippen LogP contribution in [0.2, 0.25) is 5.02 Å². The van der Waals surface area contributed by atoms with Gasteiger partial charge < -0.3 is 10.6 Å². The third-order valence-electron chi connectivity index (χ3n) is 3.31. The van der Waals surface area contributed by atoms with E-state index in [1.54, 1.807) is 0 Å². The van der Waals surface area contributed by atoms with Gasteiger partial charge in [-0.05, 0) is 50.8 Å². The van der Waals surface area contributed by atoms with Crippen LogP contribution in [-0.4, -0.2) is 17.6 Å². The first-order valence-corrected chi connectivity index (χ1v) is 7.13. The fourth-order valence-corrected chi connectivity index (χ4v) is 2.46. The molecule has 0 saturated heterocycles. The monoisotopic (exact) mass is 282 g/mol. The Morgan fingerprint density at radius 3 is 2.67 bits per heavy atom. The summed E-state index contributed by atoms with van der Waals surface area (Å²) in [6.45, 7) is 5.47. The van der Waals surface area contributed by atoms with E-state index in [0.717, 1.165) is 23.7 Å². The lowest BCUT2D eigenvalue weighted by Gasteiger charge is -2.31. The van der Waals surface area contributed by atoms with E-state index >= 15 is 0 Å². The van der Waals surface area contributed by atoms with E-state index in [-0.39, 0.29) is 0 Å². The summed E-state index contributed by atoms with van der Waals surface area (Å²) in [6.07, 6.45) is 2.67. The molecule has 1 aromatic carbocycles. The van der Waals surface area contributed by atoms with Gasteiger partial charge in [0.2, 0.25) is 0 Å². The molecule has 0 heterocycles. The molecule has 1 aliphatic rings. The lowest BCUT2D eigenvalue weighted by molar-refractivity contribution is 0.644. The van der Waals surface area contributed by atoms with E-state index in [4.69, 9.17) is 29.6 Å². The number of anilines is 1. The smallest absolute Gasteiger partial charge is 0.106 e. The second kappa shape index (κ2) is 5.45. The van der Waals surface area contributed by atoms with E-state index in [1.165, 1.54) is 12.8 Å². The summed E-state index contributed by atoms with van der Waals surface area (Å²) < 4.78 is 0. The highest BCUT2D eigenvalue weighted by molar-refractivity contribution is 7.80. The fraction of sp³-hybridized carbons (Fsp3) is 0.500. The van der Waals surface area contributed by atoms with E-state index in [2.05, 4.69) is 18.7 Å². The molecule has 0 radical (unpaired) electrons. The van der Waals surface area contributed by atoms with Crippen molar-refractivity contribution in [2.45, 2.75) is 32.7 Å². The molecular weight excluding hydrogens is 264 g/mol. The van der Waals surface area contributed by atoms with Crippen LogP contribution in [0.25, 0.3) is 0 Å². The number of benzene rings is 1. The second-order valence-electron chi connectivity index (χ2n) is 5.22. The Labute approximate surface area is 119 Å². The maximum atomic E-state index is 6.03. The Morgan fingerprint density at radius 1 is 1.50 bits per heavy atom. The number of thiocarbonyl (C=S) groups is 1. The zero-order valence-electron chi connectivity index (χ0n) is 10.8. The Hall–Kier alpha value is -0.800. The summed E-state index contributed by atoms with van der Waals surface area (Å²) in [5.74, 6) is 0.822. The second-order valence-corrected chi connectivity index (χ2v) is 6.09. The van der Waals surface area contributed by atoms with Gasteiger partial charge in [-0.25, -0.2) is 0 Å². The third-order valence-corrected chi connectivity index (χ3v) is 3.76. The topological polar surface area (TPSA) is 29.3 Å². The van der Waals surface area contributed by atoms with Gasteiger partial charge in [0.15, 0.2) is 0 Å². The first-order chi connectivity index (χ1) is 8.49. The highest BCUT2D eigenvalue weighted by Gasteiger charge is 2.27. The van der Waals surface area contributed by atoms with Crippen LogP contribution in [0.1, 0.15) is 32.3 Å². The van der Waals surface area contributed by atoms with Crippen molar-refractivity contribution in [2.75, 3.05) is 11.4 Å². The highest BCUT2D eigenvalue weighted by atomic mass is 35.5. The molecule has 0 atom stereocenters. The van der Waals surface area contributed by atoms with Crippen molar-refractivity contribution >= 4 is 34.5 Å². The van der Waals surface area contributed by atoms with Crippen LogP contribution in [-0.2, 0) is 0 Å². The molecule has 0 aliphatic heterocycles. The van der Waals surface area contributed by atoms with Gasteiger partial charge in [-0.15, -0.1) is 0 Å². The van der Waals surface area contributed by atoms with Gasteiger partial charge in [-0.2, -0.15) is 0 Å². The molecule has 18 heavy (non-hydrogen) atoms. The number of nitrogens with two attached hydrogens (primary N) is 1. The SMILES string of the molecule is CC(C)N(CC1CC1)c1ccc(Cl)cc1C(N)=S. The van der Waals surface area contributed by atoms with Gasteiger partial charge in [0.1, 0.15) is 4.99 Å². The molecule has 1 aromatic rings. The summed E-state index contributed by atoms with van der Waals surface area (Å²) in [7, 11) is 0. The quantitative estimate of drug-likeness (QED) is 0.837. The van der Waals surface area contributed by atoms with Crippen LogP contribution in [0.5, 0.6) is 0 Å². The lowest BCUT2D eigenvalue weighted by Crippen LogP contribution is -2.34. The Balaban J connectivity index is 2.35. The van der Waals surface area contributed by atoms with Crippen LogP contribution in [0.15, 0.2) is 18.2 Å². The summed E-state index contributed by atoms with van der Waals surface area (Å²) in [5, 5.41) is 0.677. The normalized spacial score (nSPS) is 14.9. The number of hydrogen-bond donors (Lipinski definition) is 1. The summed E-state index contributed by atoms with van der Waals surface area (Å²) in [5.41, 5.74) is 7.80. The molecule has 0 bridgehead atoms. The minimum absolute atomic E-state index is 0.411. The standard InChI is InChI=1S/C14H19ClN2S/c1-9(2)17(8-10-3-4-10)13-6-5-11(15)7-12(13)14(16)18/h5-7,9-10H,3-4,8H2,1-2H3,(H2,16,18).